The zero-order chi connectivity index (χ0) is 15.2. The minimum Gasteiger partial charge on any atom is -0.410 e. The van der Waals surface area contributed by atoms with Crippen LogP contribution in [0.3, 0.4) is 0 Å². The number of ether oxygens (including phenoxy) is 1. The number of fused-ring (bicyclic) bond motifs is 3. The van der Waals surface area contributed by atoms with Crippen LogP contribution in [0, 0.1) is 0 Å². The third-order valence-electron chi connectivity index (χ3n) is 4.50. The molecule has 1 fully saturated rings. The lowest BCUT2D eigenvalue weighted by atomic mass is 9.79. The number of carbonyl (C=O) groups is 1. The van der Waals surface area contributed by atoms with E-state index in [2.05, 4.69) is 17.1 Å². The number of hydroxylamine groups is 2. The molecule has 0 radical (unpaired) electrons. The van der Waals surface area contributed by atoms with E-state index in [4.69, 9.17) is 9.57 Å². The van der Waals surface area contributed by atoms with Crippen LogP contribution in [0.4, 0.5) is 10.5 Å². The number of nitrogens with zero attached hydrogens (tertiary/aromatic N) is 2. The molecule has 1 N–H and O–H groups in total. The molecule has 1 aromatic rings. The van der Waals surface area contributed by atoms with Gasteiger partial charge in [0.25, 0.3) is 0 Å². The van der Waals surface area contributed by atoms with Crippen LogP contribution in [-0.4, -0.2) is 45.1 Å². The third kappa shape index (κ3) is 2.15. The van der Waals surface area contributed by atoms with Crippen molar-refractivity contribution in [2.24, 2.45) is 0 Å². The summed E-state index contributed by atoms with van der Waals surface area (Å²) in [6.45, 7) is 3.08. The van der Waals surface area contributed by atoms with Gasteiger partial charge in [0.1, 0.15) is 5.75 Å². The van der Waals surface area contributed by atoms with E-state index in [1.807, 2.05) is 37.4 Å². The minimum absolute atomic E-state index is 0.0264. The van der Waals surface area contributed by atoms with E-state index in [0.717, 1.165) is 18.7 Å². The molecule has 21 heavy (non-hydrogen) atoms. The number of amides is 1. The Kier molecular flexibility index (Phi) is 3.30. The molecule has 2 aliphatic heterocycles. The van der Waals surface area contributed by atoms with E-state index >= 15 is 0 Å². The summed E-state index contributed by atoms with van der Waals surface area (Å²) < 4.78 is 5.25. The zero-order valence-corrected chi connectivity index (χ0v) is 12.8. The smallest absolute Gasteiger partial charge is 0.410 e. The molecular weight excluding hydrogens is 270 g/mol. The van der Waals surface area contributed by atoms with Gasteiger partial charge in [-0.2, -0.15) is 5.06 Å². The Morgan fingerprint density at radius 2 is 2.24 bits per heavy atom. The zero-order valence-electron chi connectivity index (χ0n) is 12.8. The molecule has 114 valence electrons. The van der Waals surface area contributed by atoms with Crippen molar-refractivity contribution < 1.29 is 14.4 Å². The Morgan fingerprint density at radius 1 is 1.48 bits per heavy atom. The molecule has 2 atom stereocenters. The first-order chi connectivity index (χ1) is 9.95. The Balaban J connectivity index is 1.97. The number of likely N-dealkylation sites (N-methyl/N-ethyl adjacent to an activating group) is 1. The van der Waals surface area contributed by atoms with Crippen LogP contribution < -0.4 is 15.0 Å². The van der Waals surface area contributed by atoms with Crippen molar-refractivity contribution in [3.05, 3.63) is 23.8 Å². The molecular formula is C15H21N3O3. The normalized spacial score (nSPS) is 28.0. The second-order valence-corrected chi connectivity index (χ2v) is 5.91. The van der Waals surface area contributed by atoms with Gasteiger partial charge >= 0.3 is 6.09 Å². The van der Waals surface area contributed by atoms with E-state index in [9.17, 15) is 4.79 Å². The second-order valence-electron chi connectivity index (χ2n) is 5.91. The summed E-state index contributed by atoms with van der Waals surface area (Å²) in [5.41, 5.74) is 2.20. The molecule has 3 rings (SSSR count). The van der Waals surface area contributed by atoms with Gasteiger partial charge in [-0.3, -0.25) is 4.84 Å². The molecule has 0 spiro atoms. The molecule has 1 amide bonds. The van der Waals surface area contributed by atoms with Gasteiger partial charge in [-0.1, -0.05) is 6.92 Å². The maximum Gasteiger partial charge on any atom is 0.412 e. The largest absolute Gasteiger partial charge is 0.412 e. The van der Waals surface area contributed by atoms with Crippen LogP contribution in [0.25, 0.3) is 0 Å². The number of hydrogen-bond donors (Lipinski definition) is 1. The highest BCUT2D eigenvalue weighted by molar-refractivity contribution is 5.71. The van der Waals surface area contributed by atoms with Crippen LogP contribution >= 0.6 is 0 Å². The monoisotopic (exact) mass is 291 g/mol. The van der Waals surface area contributed by atoms with Crippen molar-refractivity contribution in [1.82, 2.24) is 10.4 Å². The molecule has 1 saturated heterocycles. The second kappa shape index (κ2) is 4.89. The van der Waals surface area contributed by atoms with E-state index in [-0.39, 0.29) is 11.6 Å². The summed E-state index contributed by atoms with van der Waals surface area (Å²) in [7, 11) is 5.54. The lowest BCUT2D eigenvalue weighted by Gasteiger charge is -2.42. The van der Waals surface area contributed by atoms with Gasteiger partial charge in [0.05, 0.1) is 0 Å². The molecule has 2 unspecified atom stereocenters. The number of benzene rings is 1. The van der Waals surface area contributed by atoms with Gasteiger partial charge < -0.3 is 15.0 Å². The highest BCUT2D eigenvalue weighted by Crippen LogP contribution is 2.50. The molecule has 6 nitrogen and oxygen atoms in total. The fourth-order valence-corrected chi connectivity index (χ4v) is 3.25. The first-order valence-corrected chi connectivity index (χ1v) is 7.10. The van der Waals surface area contributed by atoms with Gasteiger partial charge in [-0.15, -0.1) is 0 Å². The van der Waals surface area contributed by atoms with E-state index in [0.29, 0.717) is 5.75 Å². The van der Waals surface area contributed by atoms with Crippen molar-refractivity contribution >= 4 is 11.8 Å². The van der Waals surface area contributed by atoms with Crippen LogP contribution in [-0.2, 0) is 10.3 Å². The van der Waals surface area contributed by atoms with E-state index < -0.39 is 6.09 Å². The fourth-order valence-electron chi connectivity index (χ4n) is 3.25. The third-order valence-corrected chi connectivity index (χ3v) is 4.50. The maximum atomic E-state index is 11.4. The topological polar surface area (TPSA) is 54.0 Å². The molecule has 0 saturated carbocycles. The molecule has 6 heteroatoms. The van der Waals surface area contributed by atoms with Gasteiger partial charge in [0.15, 0.2) is 6.23 Å². The summed E-state index contributed by atoms with van der Waals surface area (Å²) in [6, 6.07) is 5.76. The average Bonchev–Trinajstić information content (AvgIpc) is 2.69. The molecule has 0 bridgehead atoms. The van der Waals surface area contributed by atoms with Crippen LogP contribution in [0.5, 0.6) is 5.75 Å². The van der Waals surface area contributed by atoms with Gasteiger partial charge in [-0.05, 0) is 30.2 Å². The molecule has 0 aromatic heterocycles. The van der Waals surface area contributed by atoms with Gasteiger partial charge in [0, 0.05) is 38.8 Å². The minimum atomic E-state index is -0.456. The highest BCUT2D eigenvalue weighted by Gasteiger charge is 2.50. The van der Waals surface area contributed by atoms with Gasteiger partial charge in [-0.25, -0.2) is 4.79 Å². The first-order valence-electron chi connectivity index (χ1n) is 7.10. The number of carbonyl (C=O) groups excluding carboxylic acids is 1. The number of nitrogens with one attached hydrogen (secondary N) is 1. The van der Waals surface area contributed by atoms with Crippen LogP contribution in [0.15, 0.2) is 18.2 Å². The molecule has 2 aliphatic rings. The number of rotatable bonds is 1. The Morgan fingerprint density at radius 3 is 2.95 bits per heavy atom. The van der Waals surface area contributed by atoms with Crippen LogP contribution in [0.2, 0.25) is 0 Å². The first kappa shape index (κ1) is 14.2. The van der Waals surface area contributed by atoms with Crippen molar-refractivity contribution in [1.29, 1.82) is 0 Å². The van der Waals surface area contributed by atoms with Gasteiger partial charge in [0.2, 0.25) is 0 Å². The number of anilines is 1. The predicted octanol–water partition coefficient (Wildman–Crippen LogP) is 1.71. The van der Waals surface area contributed by atoms with E-state index in [1.165, 1.54) is 5.56 Å². The average molecular weight is 291 g/mol. The summed E-state index contributed by atoms with van der Waals surface area (Å²) in [5.74, 6) is 0.558. The Hall–Kier alpha value is -1.79. The predicted molar refractivity (Wildman–Crippen MR) is 79.4 cm³/mol. The standard InChI is InChI=1S/C15H21N3O3/c1-15-7-8-17(3)21-13(15)18(4)12-6-5-10(9-11(12)15)20-14(19)16-2/h5-6,9,13H,7-8H2,1-4H3,(H,16,19). The van der Waals surface area contributed by atoms with Crippen molar-refractivity contribution in [3.8, 4) is 5.75 Å². The fraction of sp³-hybridized carbons (Fsp3) is 0.533. The summed E-state index contributed by atoms with van der Waals surface area (Å²) in [5, 5.41) is 4.34. The molecule has 2 heterocycles. The molecule has 0 aliphatic carbocycles. The summed E-state index contributed by atoms with van der Waals surface area (Å²) >= 11 is 0. The summed E-state index contributed by atoms with van der Waals surface area (Å²) in [4.78, 5) is 19.5. The van der Waals surface area contributed by atoms with E-state index in [1.54, 1.807) is 7.05 Å². The quantitative estimate of drug-likeness (QED) is 0.853. The lowest BCUT2D eigenvalue weighted by Crippen LogP contribution is -2.52. The Bertz CT molecular complexity index is 577. The van der Waals surface area contributed by atoms with Crippen molar-refractivity contribution in [3.63, 3.8) is 0 Å². The molecule has 1 aromatic carbocycles. The Labute approximate surface area is 124 Å². The number of hydrogen-bond acceptors (Lipinski definition) is 5. The van der Waals surface area contributed by atoms with Crippen molar-refractivity contribution in [2.75, 3.05) is 32.6 Å². The highest BCUT2D eigenvalue weighted by atomic mass is 16.7. The lowest BCUT2D eigenvalue weighted by molar-refractivity contribution is -0.226. The SMILES string of the molecule is CNC(=O)Oc1ccc2c(c1)C1(C)CCN(C)OC1N2C. The maximum absolute atomic E-state index is 11.4. The summed E-state index contributed by atoms with van der Waals surface area (Å²) in [6.07, 6.45) is 0.513. The van der Waals surface area contributed by atoms with Crippen LogP contribution in [0.1, 0.15) is 18.9 Å². The van der Waals surface area contributed by atoms with Crippen molar-refractivity contribution in [2.45, 2.75) is 25.0 Å².